The minimum absolute atomic E-state index is 0.0431. The van der Waals surface area contributed by atoms with Gasteiger partial charge in [-0.3, -0.25) is 9.69 Å². The van der Waals surface area contributed by atoms with Crippen LogP contribution in [0.5, 0.6) is 5.75 Å². The Morgan fingerprint density at radius 2 is 1.78 bits per heavy atom. The van der Waals surface area contributed by atoms with Crippen molar-refractivity contribution in [3.63, 3.8) is 0 Å². The van der Waals surface area contributed by atoms with Crippen LogP contribution in [0.1, 0.15) is 24.3 Å². The molecule has 1 atom stereocenters. The number of allylic oxidation sites excluding steroid dienone is 1. The Morgan fingerprint density at radius 3 is 2.43 bits per heavy atom. The van der Waals surface area contributed by atoms with Crippen molar-refractivity contribution in [2.45, 2.75) is 19.7 Å². The zero-order valence-electron chi connectivity index (χ0n) is 13.2. The molecule has 1 aliphatic heterocycles. The molecule has 1 unspecified atom stereocenters. The van der Waals surface area contributed by atoms with E-state index in [2.05, 4.69) is 0 Å². The van der Waals surface area contributed by atoms with E-state index in [9.17, 15) is 4.79 Å². The Balaban J connectivity index is 1.90. The third kappa shape index (κ3) is 3.37. The van der Waals surface area contributed by atoms with E-state index in [4.69, 9.17) is 9.47 Å². The molecule has 0 saturated heterocycles. The third-order valence-electron chi connectivity index (χ3n) is 3.79. The van der Waals surface area contributed by atoms with E-state index in [0.717, 1.165) is 16.9 Å². The Morgan fingerprint density at radius 1 is 1.09 bits per heavy atom. The van der Waals surface area contributed by atoms with Crippen molar-refractivity contribution >= 4 is 5.91 Å². The maximum absolute atomic E-state index is 12.5. The molecule has 0 radical (unpaired) electrons. The van der Waals surface area contributed by atoms with E-state index in [1.807, 2.05) is 54.6 Å². The number of carbonyl (C=O) groups excluding carboxylic acids is 1. The van der Waals surface area contributed by atoms with Crippen molar-refractivity contribution in [1.82, 2.24) is 4.90 Å². The predicted octanol–water partition coefficient (Wildman–Crippen LogP) is 3.66. The molecule has 0 bridgehead atoms. The van der Waals surface area contributed by atoms with Crippen molar-refractivity contribution in [3.05, 3.63) is 77.6 Å². The number of ether oxygens (including phenoxy) is 2. The van der Waals surface area contributed by atoms with Crippen molar-refractivity contribution in [2.75, 3.05) is 7.11 Å². The molecule has 4 heteroatoms. The second-order valence-electron chi connectivity index (χ2n) is 5.45. The Kier molecular flexibility index (Phi) is 4.33. The highest BCUT2D eigenvalue weighted by Crippen LogP contribution is 2.31. The lowest BCUT2D eigenvalue weighted by molar-refractivity contribution is -0.143. The van der Waals surface area contributed by atoms with E-state index in [0.29, 0.717) is 12.3 Å². The van der Waals surface area contributed by atoms with Gasteiger partial charge in [0.25, 0.3) is 5.91 Å². The van der Waals surface area contributed by atoms with Gasteiger partial charge in [0.05, 0.1) is 7.11 Å². The molecule has 1 aliphatic rings. The Hall–Kier alpha value is -2.75. The molecule has 0 aliphatic carbocycles. The van der Waals surface area contributed by atoms with Gasteiger partial charge in [0.2, 0.25) is 6.23 Å². The molecule has 0 saturated carbocycles. The lowest BCUT2D eigenvalue weighted by Crippen LogP contribution is -2.37. The molecule has 0 spiro atoms. The quantitative estimate of drug-likeness (QED) is 0.865. The van der Waals surface area contributed by atoms with Gasteiger partial charge in [-0.15, -0.1) is 0 Å². The van der Waals surface area contributed by atoms with Gasteiger partial charge in [0.15, 0.2) is 0 Å². The summed E-state index contributed by atoms with van der Waals surface area (Å²) in [6.45, 7) is 2.30. The summed E-state index contributed by atoms with van der Waals surface area (Å²) in [5, 5.41) is 0. The highest BCUT2D eigenvalue weighted by Gasteiger charge is 2.30. The Bertz CT molecular complexity index is 707. The maximum Gasteiger partial charge on any atom is 0.253 e. The van der Waals surface area contributed by atoms with Gasteiger partial charge in [0, 0.05) is 18.2 Å². The Labute approximate surface area is 135 Å². The summed E-state index contributed by atoms with van der Waals surface area (Å²) >= 11 is 0. The summed E-state index contributed by atoms with van der Waals surface area (Å²) in [5.41, 5.74) is 1.98. The third-order valence-corrected chi connectivity index (χ3v) is 3.79. The van der Waals surface area contributed by atoms with Gasteiger partial charge in [-0.1, -0.05) is 30.3 Å². The number of nitrogens with zero attached hydrogens (tertiary/aromatic N) is 1. The molecule has 2 aromatic carbocycles. The molecule has 2 aromatic rings. The zero-order valence-corrected chi connectivity index (χ0v) is 13.2. The van der Waals surface area contributed by atoms with Crippen LogP contribution in [0.3, 0.4) is 0 Å². The van der Waals surface area contributed by atoms with Crippen LogP contribution in [-0.4, -0.2) is 17.9 Å². The van der Waals surface area contributed by atoms with Gasteiger partial charge in [-0.2, -0.15) is 0 Å². The van der Waals surface area contributed by atoms with Crippen LogP contribution in [0.25, 0.3) is 0 Å². The number of hydrogen-bond donors (Lipinski definition) is 0. The average molecular weight is 309 g/mol. The van der Waals surface area contributed by atoms with Crippen LogP contribution in [0.15, 0.2) is 66.4 Å². The van der Waals surface area contributed by atoms with E-state index in [1.54, 1.807) is 18.9 Å². The van der Waals surface area contributed by atoms with Gasteiger partial charge < -0.3 is 9.47 Å². The fourth-order valence-corrected chi connectivity index (χ4v) is 2.60. The molecule has 1 amide bonds. The number of amides is 1. The molecule has 1 heterocycles. The number of hydrogen-bond acceptors (Lipinski definition) is 3. The first-order valence-electron chi connectivity index (χ1n) is 7.51. The van der Waals surface area contributed by atoms with Gasteiger partial charge in [-0.25, -0.2) is 0 Å². The molecule has 0 fully saturated rings. The molecule has 0 aromatic heterocycles. The van der Waals surface area contributed by atoms with Crippen LogP contribution in [-0.2, 0) is 16.1 Å². The van der Waals surface area contributed by atoms with Crippen LogP contribution in [0, 0.1) is 0 Å². The van der Waals surface area contributed by atoms with E-state index >= 15 is 0 Å². The standard InChI is InChI=1S/C19H19NO3/c1-14-12-18(21)20(13-15-6-4-3-5-7-15)19(23-14)16-8-10-17(22-2)11-9-16/h3-12,19H,13H2,1-2H3. The average Bonchev–Trinajstić information content (AvgIpc) is 2.58. The predicted molar refractivity (Wildman–Crippen MR) is 87.6 cm³/mol. The largest absolute Gasteiger partial charge is 0.497 e. The molecule has 0 N–H and O–H groups in total. The minimum Gasteiger partial charge on any atom is -0.497 e. The van der Waals surface area contributed by atoms with Crippen LogP contribution in [0.2, 0.25) is 0 Å². The summed E-state index contributed by atoms with van der Waals surface area (Å²) in [4.78, 5) is 14.2. The summed E-state index contributed by atoms with van der Waals surface area (Å²) in [6, 6.07) is 17.5. The summed E-state index contributed by atoms with van der Waals surface area (Å²) < 4.78 is 11.1. The van der Waals surface area contributed by atoms with E-state index in [1.165, 1.54) is 6.08 Å². The van der Waals surface area contributed by atoms with Crippen molar-refractivity contribution in [1.29, 1.82) is 0 Å². The van der Waals surface area contributed by atoms with Crippen molar-refractivity contribution < 1.29 is 14.3 Å². The second kappa shape index (κ2) is 6.57. The lowest BCUT2D eigenvalue weighted by atomic mass is 10.1. The van der Waals surface area contributed by atoms with Crippen LogP contribution < -0.4 is 4.74 Å². The van der Waals surface area contributed by atoms with Gasteiger partial charge in [0.1, 0.15) is 11.5 Å². The monoisotopic (exact) mass is 309 g/mol. The van der Waals surface area contributed by atoms with E-state index < -0.39 is 6.23 Å². The minimum atomic E-state index is -0.432. The van der Waals surface area contributed by atoms with Crippen LogP contribution in [0.4, 0.5) is 0 Å². The first-order chi connectivity index (χ1) is 11.2. The molecule has 4 nitrogen and oxygen atoms in total. The van der Waals surface area contributed by atoms with Gasteiger partial charge >= 0.3 is 0 Å². The zero-order chi connectivity index (χ0) is 16.2. The number of rotatable bonds is 4. The number of benzene rings is 2. The fourth-order valence-electron chi connectivity index (χ4n) is 2.60. The van der Waals surface area contributed by atoms with E-state index in [-0.39, 0.29) is 5.91 Å². The highest BCUT2D eigenvalue weighted by molar-refractivity contribution is 5.88. The smallest absolute Gasteiger partial charge is 0.253 e. The summed E-state index contributed by atoms with van der Waals surface area (Å²) in [5.74, 6) is 1.36. The highest BCUT2D eigenvalue weighted by atomic mass is 16.5. The topological polar surface area (TPSA) is 38.8 Å². The fraction of sp³-hybridized carbons (Fsp3) is 0.211. The number of methoxy groups -OCH3 is 1. The van der Waals surface area contributed by atoms with Gasteiger partial charge in [-0.05, 0) is 36.8 Å². The molecule has 23 heavy (non-hydrogen) atoms. The van der Waals surface area contributed by atoms with Crippen LogP contribution >= 0.6 is 0 Å². The molecule has 118 valence electrons. The SMILES string of the molecule is COc1ccc(C2OC(C)=CC(=O)N2Cc2ccccc2)cc1. The lowest BCUT2D eigenvalue weighted by Gasteiger charge is -2.35. The molecule has 3 rings (SSSR count). The molecular formula is C19H19NO3. The normalized spacial score (nSPS) is 17.5. The molecular weight excluding hydrogens is 290 g/mol. The maximum atomic E-state index is 12.5. The van der Waals surface area contributed by atoms with Crippen molar-refractivity contribution in [2.24, 2.45) is 0 Å². The number of carbonyl (C=O) groups is 1. The first-order valence-corrected chi connectivity index (χ1v) is 7.51. The first kappa shape index (κ1) is 15.2. The summed E-state index contributed by atoms with van der Waals surface area (Å²) in [6.07, 6.45) is 1.10. The van der Waals surface area contributed by atoms with Crippen molar-refractivity contribution in [3.8, 4) is 5.75 Å². The second-order valence-corrected chi connectivity index (χ2v) is 5.45. The summed E-state index contributed by atoms with van der Waals surface area (Å²) in [7, 11) is 1.63.